The molecule has 2 aromatic carbocycles. The molecule has 0 aliphatic carbocycles. The van der Waals surface area contributed by atoms with Crippen molar-refractivity contribution in [3.63, 3.8) is 0 Å². The van der Waals surface area contributed by atoms with Crippen molar-refractivity contribution in [3.8, 4) is 5.75 Å². The van der Waals surface area contributed by atoms with E-state index in [0.29, 0.717) is 17.1 Å². The van der Waals surface area contributed by atoms with Gasteiger partial charge in [-0.15, -0.1) is 0 Å². The zero-order chi connectivity index (χ0) is 18.1. The molecule has 0 saturated carbocycles. The van der Waals surface area contributed by atoms with E-state index in [9.17, 15) is 9.59 Å². The molecule has 2 aromatic rings. The highest BCUT2D eigenvalue weighted by molar-refractivity contribution is 6.01. The summed E-state index contributed by atoms with van der Waals surface area (Å²) in [7, 11) is 0. The second-order valence-corrected chi connectivity index (χ2v) is 6.67. The summed E-state index contributed by atoms with van der Waals surface area (Å²) in [6.07, 6.45) is 0.948. The third-order valence-corrected chi connectivity index (χ3v) is 4.98. The first-order valence-electron chi connectivity index (χ1n) is 8.79. The van der Waals surface area contributed by atoms with Gasteiger partial charge in [0.05, 0.1) is 17.4 Å². The number of hydrogen-bond acceptors (Lipinski definition) is 4. The van der Waals surface area contributed by atoms with Crippen LogP contribution in [0.5, 0.6) is 5.75 Å². The lowest BCUT2D eigenvalue weighted by molar-refractivity contribution is -0.121. The summed E-state index contributed by atoms with van der Waals surface area (Å²) in [6.45, 7) is 3.49. The first kappa shape index (κ1) is 16.6. The zero-order valence-electron chi connectivity index (χ0n) is 14.6. The second kappa shape index (κ2) is 6.80. The van der Waals surface area contributed by atoms with Gasteiger partial charge in [-0.05, 0) is 36.6 Å². The zero-order valence-corrected chi connectivity index (χ0v) is 14.6. The maximum Gasteiger partial charge on any atom is 0.262 e. The van der Waals surface area contributed by atoms with E-state index >= 15 is 0 Å². The molecule has 0 aromatic heterocycles. The molecule has 1 atom stereocenters. The normalized spacial score (nSPS) is 17.3. The van der Waals surface area contributed by atoms with Crippen molar-refractivity contribution in [1.29, 1.82) is 0 Å². The molecule has 0 bridgehead atoms. The van der Waals surface area contributed by atoms with Crippen LogP contribution in [0.2, 0.25) is 0 Å². The van der Waals surface area contributed by atoms with Crippen LogP contribution in [0.15, 0.2) is 42.5 Å². The minimum Gasteiger partial charge on any atom is -0.479 e. The SMILES string of the molecule is CC(C(=O)Nc1cccc2c1OCC(=O)N2)N1CCc2ccccc2C1. The summed E-state index contributed by atoms with van der Waals surface area (Å²) in [5.74, 6) is 0.233. The van der Waals surface area contributed by atoms with Gasteiger partial charge in [-0.3, -0.25) is 14.5 Å². The molecule has 2 aliphatic rings. The second-order valence-electron chi connectivity index (χ2n) is 6.67. The number of amides is 2. The molecular weight excluding hydrogens is 330 g/mol. The van der Waals surface area contributed by atoms with Gasteiger partial charge in [0.1, 0.15) is 0 Å². The van der Waals surface area contributed by atoms with E-state index < -0.39 is 0 Å². The van der Waals surface area contributed by atoms with Gasteiger partial charge in [-0.25, -0.2) is 0 Å². The summed E-state index contributed by atoms with van der Waals surface area (Å²) >= 11 is 0. The fourth-order valence-electron chi connectivity index (χ4n) is 3.46. The van der Waals surface area contributed by atoms with E-state index in [0.717, 1.165) is 19.5 Å². The Kier molecular flexibility index (Phi) is 4.34. The number of fused-ring (bicyclic) bond motifs is 2. The Morgan fingerprint density at radius 1 is 1.19 bits per heavy atom. The van der Waals surface area contributed by atoms with Crippen molar-refractivity contribution in [3.05, 3.63) is 53.6 Å². The highest BCUT2D eigenvalue weighted by atomic mass is 16.5. The Hall–Kier alpha value is -2.86. The number of benzene rings is 2. The maximum atomic E-state index is 12.8. The third-order valence-electron chi connectivity index (χ3n) is 4.98. The van der Waals surface area contributed by atoms with Crippen LogP contribution >= 0.6 is 0 Å². The van der Waals surface area contributed by atoms with Gasteiger partial charge < -0.3 is 15.4 Å². The standard InChI is InChI=1S/C20H21N3O3/c1-13(23-10-9-14-5-2-3-6-15(14)11-23)20(25)22-17-8-4-7-16-19(17)26-12-18(24)21-16/h2-8,13H,9-12H2,1H3,(H,21,24)(H,22,25). The van der Waals surface area contributed by atoms with Gasteiger partial charge in [0.15, 0.2) is 12.4 Å². The molecule has 2 aliphatic heterocycles. The Morgan fingerprint density at radius 2 is 2.00 bits per heavy atom. The number of para-hydroxylation sites is 1. The Balaban J connectivity index is 1.47. The number of carbonyl (C=O) groups is 2. The summed E-state index contributed by atoms with van der Waals surface area (Å²) in [4.78, 5) is 26.4. The van der Waals surface area contributed by atoms with Gasteiger partial charge in [-0.2, -0.15) is 0 Å². The number of nitrogens with zero attached hydrogens (tertiary/aromatic N) is 1. The van der Waals surface area contributed by atoms with Gasteiger partial charge >= 0.3 is 0 Å². The molecule has 134 valence electrons. The third kappa shape index (κ3) is 3.15. The van der Waals surface area contributed by atoms with Crippen molar-refractivity contribution < 1.29 is 14.3 Å². The van der Waals surface area contributed by atoms with Crippen molar-refractivity contribution in [2.45, 2.75) is 25.9 Å². The van der Waals surface area contributed by atoms with Crippen LogP contribution in [-0.4, -0.2) is 35.9 Å². The van der Waals surface area contributed by atoms with Crippen LogP contribution in [0.3, 0.4) is 0 Å². The van der Waals surface area contributed by atoms with E-state index in [1.165, 1.54) is 11.1 Å². The average molecular weight is 351 g/mol. The molecular formula is C20H21N3O3. The predicted molar refractivity (Wildman–Crippen MR) is 99.2 cm³/mol. The number of rotatable bonds is 3. The smallest absolute Gasteiger partial charge is 0.262 e. The Morgan fingerprint density at radius 3 is 2.85 bits per heavy atom. The predicted octanol–water partition coefficient (Wildman–Crippen LogP) is 2.40. The van der Waals surface area contributed by atoms with Crippen LogP contribution in [0, 0.1) is 0 Å². The topological polar surface area (TPSA) is 70.7 Å². The van der Waals surface area contributed by atoms with Gasteiger partial charge in [0, 0.05) is 13.1 Å². The fourth-order valence-corrected chi connectivity index (χ4v) is 3.46. The summed E-state index contributed by atoms with van der Waals surface area (Å²) in [5.41, 5.74) is 3.80. The summed E-state index contributed by atoms with van der Waals surface area (Å²) in [5, 5.41) is 5.70. The van der Waals surface area contributed by atoms with Crippen molar-refractivity contribution in [2.24, 2.45) is 0 Å². The maximum absolute atomic E-state index is 12.8. The molecule has 2 N–H and O–H groups in total. The molecule has 4 rings (SSSR count). The first-order chi connectivity index (χ1) is 12.6. The highest BCUT2D eigenvalue weighted by Gasteiger charge is 2.27. The van der Waals surface area contributed by atoms with Crippen LogP contribution < -0.4 is 15.4 Å². The molecule has 2 amide bonds. The quantitative estimate of drug-likeness (QED) is 0.891. The van der Waals surface area contributed by atoms with E-state index in [1.54, 1.807) is 18.2 Å². The van der Waals surface area contributed by atoms with E-state index in [4.69, 9.17) is 4.74 Å². The largest absolute Gasteiger partial charge is 0.479 e. The van der Waals surface area contributed by atoms with E-state index in [1.807, 2.05) is 13.0 Å². The monoisotopic (exact) mass is 351 g/mol. The highest BCUT2D eigenvalue weighted by Crippen LogP contribution is 2.35. The van der Waals surface area contributed by atoms with Crippen LogP contribution in [-0.2, 0) is 22.6 Å². The van der Waals surface area contributed by atoms with Gasteiger partial charge in [0.25, 0.3) is 5.91 Å². The van der Waals surface area contributed by atoms with Crippen LogP contribution in [0.4, 0.5) is 11.4 Å². The molecule has 6 heteroatoms. The molecule has 0 spiro atoms. The lowest BCUT2D eigenvalue weighted by Gasteiger charge is -2.33. The molecule has 0 fully saturated rings. The molecule has 6 nitrogen and oxygen atoms in total. The van der Waals surface area contributed by atoms with Crippen molar-refractivity contribution >= 4 is 23.2 Å². The first-order valence-corrected chi connectivity index (χ1v) is 8.79. The lowest BCUT2D eigenvalue weighted by Crippen LogP contribution is -2.44. The Labute approximate surface area is 152 Å². The number of anilines is 2. The Bertz CT molecular complexity index is 865. The number of ether oxygens (including phenoxy) is 1. The van der Waals surface area contributed by atoms with Gasteiger partial charge in [-0.1, -0.05) is 30.3 Å². The van der Waals surface area contributed by atoms with E-state index in [2.05, 4.69) is 33.7 Å². The van der Waals surface area contributed by atoms with Crippen LogP contribution in [0.25, 0.3) is 0 Å². The fraction of sp³-hybridized carbons (Fsp3) is 0.300. The van der Waals surface area contributed by atoms with Gasteiger partial charge in [0.2, 0.25) is 5.91 Å². The number of carbonyl (C=O) groups excluding carboxylic acids is 2. The van der Waals surface area contributed by atoms with Crippen molar-refractivity contribution in [1.82, 2.24) is 4.90 Å². The van der Waals surface area contributed by atoms with Crippen molar-refractivity contribution in [2.75, 3.05) is 23.8 Å². The molecule has 0 saturated heterocycles. The molecule has 2 heterocycles. The average Bonchev–Trinajstić information content (AvgIpc) is 2.67. The minimum atomic E-state index is -0.266. The number of nitrogens with one attached hydrogen (secondary N) is 2. The molecule has 0 radical (unpaired) electrons. The lowest BCUT2D eigenvalue weighted by atomic mass is 9.99. The summed E-state index contributed by atoms with van der Waals surface area (Å²) < 4.78 is 5.50. The molecule has 1 unspecified atom stereocenters. The number of hydrogen-bond donors (Lipinski definition) is 2. The molecule has 26 heavy (non-hydrogen) atoms. The minimum absolute atomic E-state index is 0.0433. The van der Waals surface area contributed by atoms with Crippen LogP contribution in [0.1, 0.15) is 18.1 Å². The summed E-state index contributed by atoms with van der Waals surface area (Å²) in [6, 6.07) is 13.4. The van der Waals surface area contributed by atoms with E-state index in [-0.39, 0.29) is 24.5 Å².